The zero-order valence-corrected chi connectivity index (χ0v) is 20.2. The molecule has 0 radical (unpaired) electrons. The summed E-state index contributed by atoms with van der Waals surface area (Å²) in [5.74, 6) is 0.0590. The fraction of sp³-hybridized carbons (Fsp3) is 0.444. The molecule has 1 atom stereocenters. The second-order valence-corrected chi connectivity index (χ2v) is 8.65. The highest BCUT2D eigenvalue weighted by Crippen LogP contribution is 2.22. The molecule has 1 aliphatic rings. The van der Waals surface area contributed by atoms with Gasteiger partial charge in [0.15, 0.2) is 0 Å². The average Bonchev–Trinajstić information content (AvgIpc) is 3.37. The number of nitrogens with one attached hydrogen (secondary N) is 2. The van der Waals surface area contributed by atoms with E-state index in [1.165, 1.54) is 6.92 Å². The van der Waals surface area contributed by atoms with Gasteiger partial charge >= 0.3 is 12.1 Å². The molecule has 3 rings (SSSR count). The predicted octanol–water partition coefficient (Wildman–Crippen LogP) is 4.26. The van der Waals surface area contributed by atoms with Crippen molar-refractivity contribution in [2.24, 2.45) is 0 Å². The molecule has 0 aromatic heterocycles. The molecular weight excluding hydrogens is 448 g/mol. The van der Waals surface area contributed by atoms with Crippen molar-refractivity contribution in [2.45, 2.75) is 70.7 Å². The van der Waals surface area contributed by atoms with Crippen molar-refractivity contribution in [3.63, 3.8) is 0 Å². The van der Waals surface area contributed by atoms with Gasteiger partial charge in [-0.2, -0.15) is 0 Å². The largest absolute Gasteiger partial charge is 0.494 e. The number of hydrogen-bond acceptors (Lipinski definition) is 6. The van der Waals surface area contributed by atoms with Gasteiger partial charge in [-0.3, -0.25) is 4.79 Å². The summed E-state index contributed by atoms with van der Waals surface area (Å²) in [4.78, 5) is 35.8. The summed E-state index contributed by atoms with van der Waals surface area (Å²) in [6.07, 6.45) is 4.44. The number of benzene rings is 2. The molecule has 0 spiro atoms. The van der Waals surface area contributed by atoms with E-state index in [1.807, 2.05) is 54.6 Å². The molecule has 0 bridgehead atoms. The zero-order chi connectivity index (χ0) is 24.9. The summed E-state index contributed by atoms with van der Waals surface area (Å²) < 4.78 is 16.5. The minimum absolute atomic E-state index is 0.0336. The number of carbonyl (C=O) groups is 3. The first-order valence-corrected chi connectivity index (χ1v) is 12.1. The van der Waals surface area contributed by atoms with E-state index >= 15 is 0 Å². The summed E-state index contributed by atoms with van der Waals surface area (Å²) in [6, 6.07) is 16.2. The Kier molecular flexibility index (Phi) is 10.4. The second-order valence-electron chi connectivity index (χ2n) is 8.65. The lowest BCUT2D eigenvalue weighted by atomic mass is 10.1. The molecular formula is C27H34N2O6. The Morgan fingerprint density at radius 2 is 1.69 bits per heavy atom. The Morgan fingerprint density at radius 3 is 2.37 bits per heavy atom. The molecule has 8 heteroatoms. The number of esters is 1. The lowest BCUT2D eigenvalue weighted by molar-refractivity contribution is -0.152. The van der Waals surface area contributed by atoms with E-state index in [4.69, 9.17) is 14.2 Å². The highest BCUT2D eigenvalue weighted by molar-refractivity contribution is 5.83. The van der Waals surface area contributed by atoms with Crippen LogP contribution < -0.4 is 15.4 Å². The standard InChI is InChI=1S/C27H34N2O6/c1-20(30)29-25(26(31)35-24-10-5-6-11-24)12-7-17-33-23-15-13-21(14-16-23)18-28-27(32)34-19-22-8-3-2-4-9-22/h2-4,8-9,13-16,24-25H,5-7,10-12,17-19H2,1H3,(H,28,32)(H,29,30)/t25-/m0/s1. The molecule has 0 unspecified atom stereocenters. The van der Waals surface area contributed by atoms with Gasteiger partial charge in [-0.05, 0) is 61.8 Å². The number of hydrogen-bond donors (Lipinski definition) is 2. The smallest absolute Gasteiger partial charge is 0.407 e. The molecule has 35 heavy (non-hydrogen) atoms. The van der Waals surface area contributed by atoms with Gasteiger partial charge in [0.25, 0.3) is 0 Å². The Balaban J connectivity index is 1.34. The highest BCUT2D eigenvalue weighted by atomic mass is 16.6. The Labute approximate surface area is 206 Å². The van der Waals surface area contributed by atoms with Crippen LogP contribution in [-0.4, -0.2) is 36.7 Å². The van der Waals surface area contributed by atoms with Crippen LogP contribution in [0.1, 0.15) is 56.6 Å². The molecule has 2 amide bonds. The van der Waals surface area contributed by atoms with Crippen LogP contribution >= 0.6 is 0 Å². The van der Waals surface area contributed by atoms with E-state index in [-0.39, 0.29) is 24.6 Å². The van der Waals surface area contributed by atoms with Gasteiger partial charge in [-0.1, -0.05) is 42.5 Å². The van der Waals surface area contributed by atoms with E-state index in [2.05, 4.69) is 10.6 Å². The first-order valence-electron chi connectivity index (χ1n) is 12.1. The quantitative estimate of drug-likeness (QED) is 0.346. The van der Waals surface area contributed by atoms with Crippen LogP contribution in [-0.2, 0) is 32.2 Å². The molecule has 1 fully saturated rings. The average molecular weight is 483 g/mol. The molecule has 1 aliphatic carbocycles. The van der Waals surface area contributed by atoms with E-state index in [1.54, 1.807) is 0 Å². The van der Waals surface area contributed by atoms with Crippen molar-refractivity contribution in [2.75, 3.05) is 6.61 Å². The SMILES string of the molecule is CC(=O)N[C@@H](CCCOc1ccc(CNC(=O)OCc2ccccc2)cc1)C(=O)OC1CCCC1. The van der Waals surface area contributed by atoms with Crippen LogP contribution in [0.3, 0.4) is 0 Å². The molecule has 0 heterocycles. The minimum atomic E-state index is -0.660. The van der Waals surface area contributed by atoms with E-state index in [0.717, 1.165) is 36.8 Å². The van der Waals surface area contributed by atoms with Crippen molar-refractivity contribution < 1.29 is 28.6 Å². The van der Waals surface area contributed by atoms with Crippen LogP contribution in [0.25, 0.3) is 0 Å². The summed E-state index contributed by atoms with van der Waals surface area (Å²) in [7, 11) is 0. The van der Waals surface area contributed by atoms with Crippen molar-refractivity contribution >= 4 is 18.0 Å². The zero-order valence-electron chi connectivity index (χ0n) is 20.2. The molecule has 2 N–H and O–H groups in total. The first kappa shape index (κ1) is 26.1. The molecule has 0 saturated heterocycles. The highest BCUT2D eigenvalue weighted by Gasteiger charge is 2.26. The normalized spacial score (nSPS) is 14.1. The van der Waals surface area contributed by atoms with Crippen molar-refractivity contribution in [3.8, 4) is 5.75 Å². The Bertz CT molecular complexity index is 942. The Hall–Kier alpha value is -3.55. The fourth-order valence-corrected chi connectivity index (χ4v) is 3.88. The third-order valence-corrected chi connectivity index (χ3v) is 5.73. The van der Waals surface area contributed by atoms with Gasteiger partial charge in [0, 0.05) is 13.5 Å². The maximum Gasteiger partial charge on any atom is 0.407 e. The van der Waals surface area contributed by atoms with Gasteiger partial charge in [0.1, 0.15) is 24.5 Å². The van der Waals surface area contributed by atoms with Gasteiger partial charge in [0.2, 0.25) is 5.91 Å². The molecule has 188 valence electrons. The van der Waals surface area contributed by atoms with Crippen molar-refractivity contribution in [3.05, 3.63) is 65.7 Å². The maximum absolute atomic E-state index is 12.4. The molecule has 1 saturated carbocycles. The number of rotatable bonds is 12. The maximum atomic E-state index is 12.4. The predicted molar refractivity (Wildman–Crippen MR) is 131 cm³/mol. The number of ether oxygens (including phenoxy) is 3. The van der Waals surface area contributed by atoms with Crippen LogP contribution in [0.4, 0.5) is 4.79 Å². The van der Waals surface area contributed by atoms with Crippen LogP contribution in [0, 0.1) is 0 Å². The Morgan fingerprint density at radius 1 is 0.971 bits per heavy atom. The second kappa shape index (κ2) is 14.0. The van der Waals surface area contributed by atoms with E-state index < -0.39 is 12.1 Å². The van der Waals surface area contributed by atoms with Gasteiger partial charge < -0.3 is 24.8 Å². The van der Waals surface area contributed by atoms with Gasteiger partial charge in [-0.25, -0.2) is 9.59 Å². The lowest BCUT2D eigenvalue weighted by Crippen LogP contribution is -2.42. The summed E-state index contributed by atoms with van der Waals surface area (Å²) >= 11 is 0. The van der Waals surface area contributed by atoms with Gasteiger partial charge in [0.05, 0.1) is 6.61 Å². The first-order chi connectivity index (χ1) is 17.0. The monoisotopic (exact) mass is 482 g/mol. The lowest BCUT2D eigenvalue weighted by Gasteiger charge is -2.19. The number of carbonyl (C=O) groups excluding carboxylic acids is 3. The molecule has 2 aromatic rings. The molecule has 8 nitrogen and oxygen atoms in total. The third kappa shape index (κ3) is 9.68. The van der Waals surface area contributed by atoms with Crippen LogP contribution in [0.5, 0.6) is 5.75 Å². The molecule has 2 aromatic carbocycles. The molecule has 0 aliphatic heterocycles. The van der Waals surface area contributed by atoms with E-state index in [0.29, 0.717) is 31.7 Å². The minimum Gasteiger partial charge on any atom is -0.494 e. The van der Waals surface area contributed by atoms with Crippen LogP contribution in [0.2, 0.25) is 0 Å². The van der Waals surface area contributed by atoms with Gasteiger partial charge in [-0.15, -0.1) is 0 Å². The fourth-order valence-electron chi connectivity index (χ4n) is 3.88. The van der Waals surface area contributed by atoms with Crippen LogP contribution in [0.15, 0.2) is 54.6 Å². The van der Waals surface area contributed by atoms with E-state index in [9.17, 15) is 14.4 Å². The topological polar surface area (TPSA) is 103 Å². The summed E-state index contributed by atoms with van der Waals surface area (Å²) in [6.45, 7) is 2.36. The number of alkyl carbamates (subject to hydrolysis) is 1. The van der Waals surface area contributed by atoms with Crippen molar-refractivity contribution in [1.82, 2.24) is 10.6 Å². The third-order valence-electron chi connectivity index (χ3n) is 5.73. The number of amides is 2. The summed E-state index contributed by atoms with van der Waals surface area (Å²) in [5.41, 5.74) is 1.84. The van der Waals surface area contributed by atoms with Crippen molar-refractivity contribution in [1.29, 1.82) is 0 Å². The summed E-state index contributed by atoms with van der Waals surface area (Å²) in [5, 5.41) is 5.41.